The van der Waals surface area contributed by atoms with Crippen LogP contribution in [0.4, 0.5) is 5.69 Å². The van der Waals surface area contributed by atoms with Crippen LogP contribution in [0.15, 0.2) is 24.3 Å². The molecule has 0 saturated carbocycles. The van der Waals surface area contributed by atoms with Crippen LogP contribution in [0.25, 0.3) is 0 Å². The van der Waals surface area contributed by atoms with Gasteiger partial charge in [0.25, 0.3) is 0 Å². The monoisotopic (exact) mass is 292 g/mol. The molecule has 0 bridgehead atoms. The smallest absolute Gasteiger partial charge is 0.303 e. The number of carbonyl (C=O) groups is 1. The Labute approximate surface area is 125 Å². The molecule has 0 spiro atoms. The topological polar surface area (TPSA) is 75.8 Å². The molecule has 21 heavy (non-hydrogen) atoms. The molecule has 2 unspecified atom stereocenters. The van der Waals surface area contributed by atoms with Gasteiger partial charge in [0.1, 0.15) is 5.75 Å². The molecule has 1 aromatic rings. The highest BCUT2D eigenvalue weighted by molar-refractivity contribution is 5.67. The fourth-order valence-corrected chi connectivity index (χ4v) is 2.83. The molecule has 5 heteroatoms. The van der Waals surface area contributed by atoms with Crippen LogP contribution in [0.3, 0.4) is 0 Å². The lowest BCUT2D eigenvalue weighted by Crippen LogP contribution is -2.47. The minimum Gasteiger partial charge on any atom is -0.494 e. The molecule has 1 fully saturated rings. The Hall–Kier alpha value is -1.75. The van der Waals surface area contributed by atoms with Gasteiger partial charge in [0.2, 0.25) is 0 Å². The number of benzene rings is 1. The summed E-state index contributed by atoms with van der Waals surface area (Å²) in [5.41, 5.74) is 7.14. The summed E-state index contributed by atoms with van der Waals surface area (Å²) in [5, 5.41) is 8.95. The summed E-state index contributed by atoms with van der Waals surface area (Å²) in [6.07, 6.45) is 1.95. The molecule has 1 aromatic carbocycles. The summed E-state index contributed by atoms with van der Waals surface area (Å²) in [6, 6.07) is 7.97. The van der Waals surface area contributed by atoms with Crippen LogP contribution < -0.4 is 15.4 Å². The number of nitrogens with zero attached hydrogens (tertiary/aromatic N) is 1. The fraction of sp³-hybridized carbons (Fsp3) is 0.562. The zero-order chi connectivity index (χ0) is 15.2. The van der Waals surface area contributed by atoms with E-state index in [0.29, 0.717) is 6.61 Å². The van der Waals surface area contributed by atoms with Crippen molar-refractivity contribution in [2.75, 3.05) is 24.6 Å². The Bertz CT molecular complexity index is 461. The normalized spacial score (nSPS) is 22.1. The van der Waals surface area contributed by atoms with Crippen molar-refractivity contribution in [1.82, 2.24) is 0 Å². The van der Waals surface area contributed by atoms with Crippen molar-refractivity contribution in [1.29, 1.82) is 0 Å². The predicted molar refractivity (Wildman–Crippen MR) is 82.8 cm³/mol. The van der Waals surface area contributed by atoms with Gasteiger partial charge in [-0.15, -0.1) is 0 Å². The number of rotatable bonds is 6. The summed E-state index contributed by atoms with van der Waals surface area (Å²) in [4.78, 5) is 13.1. The quantitative estimate of drug-likeness (QED) is 0.840. The van der Waals surface area contributed by atoms with Gasteiger partial charge in [-0.1, -0.05) is 6.92 Å². The number of hydrogen-bond acceptors (Lipinski definition) is 4. The highest BCUT2D eigenvalue weighted by Gasteiger charge is 2.26. The first-order valence-corrected chi connectivity index (χ1v) is 7.53. The lowest BCUT2D eigenvalue weighted by molar-refractivity contribution is -0.138. The van der Waals surface area contributed by atoms with Crippen LogP contribution in [0.2, 0.25) is 0 Å². The number of ether oxygens (including phenoxy) is 1. The predicted octanol–water partition coefficient (Wildman–Crippen LogP) is 2.10. The van der Waals surface area contributed by atoms with Crippen molar-refractivity contribution in [3.63, 3.8) is 0 Å². The van der Waals surface area contributed by atoms with Gasteiger partial charge in [0.05, 0.1) is 6.61 Å². The average Bonchev–Trinajstić information content (AvgIpc) is 2.44. The van der Waals surface area contributed by atoms with E-state index < -0.39 is 5.97 Å². The zero-order valence-electron chi connectivity index (χ0n) is 12.5. The summed E-state index contributed by atoms with van der Waals surface area (Å²) < 4.78 is 5.57. The minimum absolute atomic E-state index is 0.0270. The number of piperidine rings is 1. The summed E-state index contributed by atoms with van der Waals surface area (Å²) in [7, 11) is 0. The molecule has 116 valence electrons. The first-order valence-electron chi connectivity index (χ1n) is 7.53. The van der Waals surface area contributed by atoms with Gasteiger partial charge < -0.3 is 20.5 Å². The number of hydrogen-bond donors (Lipinski definition) is 2. The molecular weight excluding hydrogens is 268 g/mol. The lowest BCUT2D eigenvalue weighted by Gasteiger charge is -2.37. The highest BCUT2D eigenvalue weighted by Crippen LogP contribution is 2.26. The fourth-order valence-electron chi connectivity index (χ4n) is 2.83. The van der Waals surface area contributed by atoms with Crippen molar-refractivity contribution < 1.29 is 14.6 Å². The van der Waals surface area contributed by atoms with Gasteiger partial charge in [-0.3, -0.25) is 4.79 Å². The third kappa shape index (κ3) is 4.63. The van der Waals surface area contributed by atoms with E-state index in [1.807, 2.05) is 24.3 Å². The highest BCUT2D eigenvalue weighted by atomic mass is 16.5. The second-order valence-electron chi connectivity index (χ2n) is 5.71. The summed E-state index contributed by atoms with van der Waals surface area (Å²) in [6.45, 7) is 4.31. The third-order valence-corrected chi connectivity index (χ3v) is 3.71. The summed E-state index contributed by atoms with van der Waals surface area (Å²) in [5.74, 6) is 0.226. The van der Waals surface area contributed by atoms with Crippen LogP contribution >= 0.6 is 0 Å². The molecule has 0 amide bonds. The van der Waals surface area contributed by atoms with Gasteiger partial charge in [-0.05, 0) is 43.0 Å². The molecule has 1 aliphatic heterocycles. The van der Waals surface area contributed by atoms with Gasteiger partial charge in [-0.25, -0.2) is 0 Å². The zero-order valence-corrected chi connectivity index (χ0v) is 12.5. The van der Waals surface area contributed by atoms with E-state index in [1.54, 1.807) is 0 Å². The lowest BCUT2D eigenvalue weighted by atomic mass is 9.91. The Balaban J connectivity index is 2.00. The van der Waals surface area contributed by atoms with Crippen LogP contribution in [-0.4, -0.2) is 36.8 Å². The largest absolute Gasteiger partial charge is 0.494 e. The van der Waals surface area contributed by atoms with Crippen molar-refractivity contribution in [3.05, 3.63) is 24.3 Å². The van der Waals surface area contributed by atoms with Crippen LogP contribution in [0.5, 0.6) is 5.75 Å². The van der Waals surface area contributed by atoms with Crippen LogP contribution in [0.1, 0.15) is 26.2 Å². The van der Waals surface area contributed by atoms with Gasteiger partial charge >= 0.3 is 5.97 Å². The molecule has 0 aromatic heterocycles. The van der Waals surface area contributed by atoms with E-state index in [4.69, 9.17) is 15.6 Å². The minimum atomic E-state index is -0.752. The van der Waals surface area contributed by atoms with E-state index in [9.17, 15) is 4.79 Å². The Morgan fingerprint density at radius 2 is 2.10 bits per heavy atom. The maximum Gasteiger partial charge on any atom is 0.303 e. The molecular formula is C16H24N2O3. The van der Waals surface area contributed by atoms with Gasteiger partial charge in [0, 0.05) is 31.2 Å². The molecule has 1 heterocycles. The third-order valence-electron chi connectivity index (χ3n) is 3.71. The van der Waals surface area contributed by atoms with E-state index >= 15 is 0 Å². The first-order chi connectivity index (χ1) is 10.1. The number of nitrogens with two attached hydrogens (primary N) is 1. The second kappa shape index (κ2) is 7.31. The van der Waals surface area contributed by atoms with E-state index in [1.165, 1.54) is 0 Å². The standard InChI is InChI=1S/C16H24N2O3/c1-2-7-21-15-5-3-14(4-6-15)18-10-12(9-16(19)20)8-13(17)11-18/h3-6,12-13H,2,7-11,17H2,1H3,(H,19,20). The SMILES string of the molecule is CCCOc1ccc(N2CC(N)CC(CC(=O)O)C2)cc1. The number of carboxylic acids is 1. The second-order valence-corrected chi connectivity index (χ2v) is 5.71. The van der Waals surface area contributed by atoms with Crippen LogP contribution in [-0.2, 0) is 4.79 Å². The Morgan fingerprint density at radius 1 is 1.38 bits per heavy atom. The maximum atomic E-state index is 10.9. The van der Waals surface area contributed by atoms with E-state index in [-0.39, 0.29) is 18.4 Å². The van der Waals surface area contributed by atoms with E-state index in [2.05, 4.69) is 11.8 Å². The van der Waals surface area contributed by atoms with Crippen molar-refractivity contribution >= 4 is 11.7 Å². The molecule has 2 atom stereocenters. The molecule has 3 N–H and O–H groups in total. The van der Waals surface area contributed by atoms with Crippen molar-refractivity contribution in [3.8, 4) is 5.75 Å². The number of carboxylic acid groups (broad SMARTS) is 1. The Morgan fingerprint density at radius 3 is 2.71 bits per heavy atom. The molecule has 5 nitrogen and oxygen atoms in total. The van der Waals surface area contributed by atoms with Gasteiger partial charge in [0.15, 0.2) is 0 Å². The Kier molecular flexibility index (Phi) is 5.44. The molecule has 0 aliphatic carbocycles. The van der Waals surface area contributed by atoms with Gasteiger partial charge in [-0.2, -0.15) is 0 Å². The number of anilines is 1. The van der Waals surface area contributed by atoms with Crippen molar-refractivity contribution in [2.45, 2.75) is 32.2 Å². The molecule has 1 saturated heterocycles. The van der Waals surface area contributed by atoms with Crippen molar-refractivity contribution in [2.24, 2.45) is 11.7 Å². The number of aliphatic carboxylic acids is 1. The molecule has 1 aliphatic rings. The van der Waals surface area contributed by atoms with E-state index in [0.717, 1.165) is 37.4 Å². The first kappa shape index (κ1) is 15.6. The molecule has 2 rings (SSSR count). The molecule has 0 radical (unpaired) electrons. The average molecular weight is 292 g/mol. The maximum absolute atomic E-state index is 10.9. The summed E-state index contributed by atoms with van der Waals surface area (Å²) >= 11 is 0. The van der Waals surface area contributed by atoms with Crippen LogP contribution in [0, 0.1) is 5.92 Å².